The monoisotopic (exact) mass is 281 g/mol. The van der Waals surface area contributed by atoms with Crippen molar-refractivity contribution < 1.29 is 9.53 Å². The second kappa shape index (κ2) is 5.94. The first-order chi connectivity index (χ1) is 9.06. The van der Waals surface area contributed by atoms with Crippen LogP contribution in [-0.2, 0) is 16.7 Å². The number of aromatic nitrogens is 3. The van der Waals surface area contributed by atoms with Crippen LogP contribution in [0.2, 0.25) is 0 Å². The van der Waals surface area contributed by atoms with Crippen LogP contribution in [0.15, 0.2) is 0 Å². The highest BCUT2D eigenvalue weighted by Crippen LogP contribution is 2.27. The van der Waals surface area contributed by atoms with Gasteiger partial charge in [-0.1, -0.05) is 46.8 Å². The van der Waals surface area contributed by atoms with Gasteiger partial charge in [-0.15, -0.1) is 5.10 Å². The Balaban J connectivity index is 3.10. The predicted octanol–water partition coefficient (Wildman–Crippen LogP) is 3.19. The van der Waals surface area contributed by atoms with E-state index in [-0.39, 0.29) is 16.8 Å². The van der Waals surface area contributed by atoms with E-state index in [0.717, 1.165) is 18.7 Å². The number of rotatable bonds is 4. The molecule has 5 nitrogen and oxygen atoms in total. The zero-order valence-corrected chi connectivity index (χ0v) is 13.8. The van der Waals surface area contributed by atoms with Crippen molar-refractivity contribution in [2.75, 3.05) is 6.61 Å². The molecule has 1 heterocycles. The molecule has 0 N–H and O–H groups in total. The highest BCUT2D eigenvalue weighted by molar-refractivity contribution is 5.88. The summed E-state index contributed by atoms with van der Waals surface area (Å²) in [6.07, 6.45) is 0.974. The predicted molar refractivity (Wildman–Crippen MR) is 78.8 cm³/mol. The second-order valence-corrected chi connectivity index (χ2v) is 7.29. The molecular weight excluding hydrogens is 254 g/mol. The first-order valence-electron chi connectivity index (χ1n) is 7.17. The quantitative estimate of drug-likeness (QED) is 0.795. The number of ether oxygens (including phenoxy) is 1. The number of esters is 1. The van der Waals surface area contributed by atoms with E-state index in [1.165, 1.54) is 0 Å². The van der Waals surface area contributed by atoms with Gasteiger partial charge in [0.1, 0.15) is 0 Å². The molecule has 0 spiro atoms. The molecule has 0 unspecified atom stereocenters. The van der Waals surface area contributed by atoms with Crippen molar-refractivity contribution in [3.63, 3.8) is 0 Å². The fourth-order valence-corrected chi connectivity index (χ4v) is 1.99. The summed E-state index contributed by atoms with van der Waals surface area (Å²) >= 11 is 0. The fourth-order valence-electron chi connectivity index (χ4n) is 1.99. The van der Waals surface area contributed by atoms with E-state index >= 15 is 0 Å². The van der Waals surface area contributed by atoms with Crippen LogP contribution in [0.25, 0.3) is 0 Å². The molecule has 0 aliphatic rings. The standard InChI is InChI=1S/C15H27N3O2/c1-8-20-13(19)11-12(15(5,6)7)18(17-16-11)10-9-14(2,3)4/h8-10H2,1-7H3. The number of nitrogens with zero attached hydrogens (tertiary/aromatic N) is 3. The van der Waals surface area contributed by atoms with Gasteiger partial charge in [0.15, 0.2) is 5.69 Å². The average Bonchev–Trinajstić information content (AvgIpc) is 2.69. The van der Waals surface area contributed by atoms with Crippen LogP contribution >= 0.6 is 0 Å². The van der Waals surface area contributed by atoms with Gasteiger partial charge in [-0.3, -0.25) is 0 Å². The Kier molecular flexibility index (Phi) is 4.95. The topological polar surface area (TPSA) is 57.0 Å². The van der Waals surface area contributed by atoms with E-state index in [0.29, 0.717) is 12.3 Å². The van der Waals surface area contributed by atoms with Gasteiger partial charge < -0.3 is 4.74 Å². The summed E-state index contributed by atoms with van der Waals surface area (Å²) in [5.74, 6) is -0.389. The van der Waals surface area contributed by atoms with Crippen molar-refractivity contribution >= 4 is 5.97 Å². The molecule has 1 aromatic heterocycles. The Morgan fingerprint density at radius 2 is 1.80 bits per heavy atom. The molecular formula is C15H27N3O2. The lowest BCUT2D eigenvalue weighted by molar-refractivity contribution is 0.0516. The Hall–Kier alpha value is -1.39. The molecule has 0 radical (unpaired) electrons. The lowest BCUT2D eigenvalue weighted by atomic mass is 9.89. The van der Waals surface area contributed by atoms with Crippen molar-refractivity contribution in [1.82, 2.24) is 15.0 Å². The van der Waals surface area contributed by atoms with Crippen LogP contribution < -0.4 is 0 Å². The minimum Gasteiger partial charge on any atom is -0.461 e. The zero-order valence-electron chi connectivity index (χ0n) is 13.8. The van der Waals surface area contributed by atoms with Gasteiger partial charge in [-0.25, -0.2) is 9.48 Å². The minimum absolute atomic E-state index is 0.205. The molecule has 0 aliphatic carbocycles. The molecule has 0 atom stereocenters. The lowest BCUT2D eigenvalue weighted by Gasteiger charge is -2.23. The number of carbonyl (C=O) groups excluding carboxylic acids is 1. The SMILES string of the molecule is CCOC(=O)c1nnn(CCC(C)(C)C)c1C(C)(C)C. The highest BCUT2D eigenvalue weighted by atomic mass is 16.5. The van der Waals surface area contributed by atoms with Crippen LogP contribution in [-0.4, -0.2) is 27.6 Å². The normalized spacial score (nSPS) is 12.6. The highest BCUT2D eigenvalue weighted by Gasteiger charge is 2.30. The summed E-state index contributed by atoms with van der Waals surface area (Å²) in [5.41, 5.74) is 1.20. The number of hydrogen-bond acceptors (Lipinski definition) is 4. The third-order valence-corrected chi connectivity index (χ3v) is 2.99. The van der Waals surface area contributed by atoms with Gasteiger partial charge in [0.2, 0.25) is 0 Å². The molecule has 0 saturated carbocycles. The Morgan fingerprint density at radius 3 is 2.25 bits per heavy atom. The van der Waals surface area contributed by atoms with E-state index in [1.807, 2.05) is 4.68 Å². The number of hydrogen-bond donors (Lipinski definition) is 0. The van der Waals surface area contributed by atoms with Crippen molar-refractivity contribution in [3.8, 4) is 0 Å². The van der Waals surface area contributed by atoms with E-state index < -0.39 is 0 Å². The van der Waals surface area contributed by atoms with E-state index in [2.05, 4.69) is 51.9 Å². The zero-order chi connectivity index (χ0) is 15.6. The van der Waals surface area contributed by atoms with Gasteiger partial charge in [-0.05, 0) is 18.8 Å². The number of aryl methyl sites for hydroxylation is 1. The van der Waals surface area contributed by atoms with Crippen molar-refractivity contribution in [2.24, 2.45) is 5.41 Å². The maximum atomic E-state index is 12.0. The Morgan fingerprint density at radius 1 is 1.20 bits per heavy atom. The summed E-state index contributed by atoms with van der Waals surface area (Å²) in [6.45, 7) is 15.6. The minimum atomic E-state index is -0.389. The van der Waals surface area contributed by atoms with Crippen LogP contribution in [0.4, 0.5) is 0 Å². The summed E-state index contributed by atoms with van der Waals surface area (Å²) in [5, 5.41) is 8.20. The first kappa shape index (κ1) is 16.7. The molecule has 0 bridgehead atoms. The summed E-state index contributed by atoms with van der Waals surface area (Å²) in [4.78, 5) is 12.0. The maximum absolute atomic E-state index is 12.0. The van der Waals surface area contributed by atoms with Gasteiger partial charge in [0.05, 0.1) is 12.3 Å². The van der Waals surface area contributed by atoms with E-state index in [9.17, 15) is 4.79 Å². The van der Waals surface area contributed by atoms with E-state index in [4.69, 9.17) is 4.74 Å². The molecule has 1 rings (SSSR count). The Bertz CT molecular complexity index is 464. The maximum Gasteiger partial charge on any atom is 0.360 e. The average molecular weight is 281 g/mol. The van der Waals surface area contributed by atoms with Gasteiger partial charge in [0, 0.05) is 12.0 Å². The van der Waals surface area contributed by atoms with Gasteiger partial charge in [0.25, 0.3) is 0 Å². The second-order valence-electron chi connectivity index (χ2n) is 7.29. The van der Waals surface area contributed by atoms with Crippen LogP contribution in [0, 0.1) is 5.41 Å². The smallest absolute Gasteiger partial charge is 0.360 e. The molecule has 114 valence electrons. The van der Waals surface area contributed by atoms with Gasteiger partial charge in [-0.2, -0.15) is 0 Å². The summed E-state index contributed by atoms with van der Waals surface area (Å²) in [7, 11) is 0. The van der Waals surface area contributed by atoms with Crippen LogP contribution in [0.1, 0.15) is 71.1 Å². The van der Waals surface area contributed by atoms with Crippen molar-refractivity contribution in [3.05, 3.63) is 11.4 Å². The third kappa shape index (κ3) is 4.32. The van der Waals surface area contributed by atoms with Gasteiger partial charge >= 0.3 is 5.97 Å². The van der Waals surface area contributed by atoms with Crippen LogP contribution in [0.3, 0.4) is 0 Å². The number of carbonyl (C=O) groups is 1. The molecule has 1 aromatic rings. The molecule has 0 aliphatic heterocycles. The molecule has 0 fully saturated rings. The Labute approximate surface area is 121 Å². The molecule has 0 aromatic carbocycles. The van der Waals surface area contributed by atoms with Crippen LogP contribution in [0.5, 0.6) is 0 Å². The van der Waals surface area contributed by atoms with Crippen molar-refractivity contribution in [1.29, 1.82) is 0 Å². The third-order valence-electron chi connectivity index (χ3n) is 2.99. The lowest BCUT2D eigenvalue weighted by Crippen LogP contribution is -2.24. The molecule has 0 amide bonds. The van der Waals surface area contributed by atoms with Crippen molar-refractivity contribution in [2.45, 2.75) is 66.8 Å². The fraction of sp³-hybridized carbons (Fsp3) is 0.800. The first-order valence-corrected chi connectivity index (χ1v) is 7.17. The molecule has 0 saturated heterocycles. The summed E-state index contributed by atoms with van der Waals surface area (Å²) in [6, 6.07) is 0. The molecule has 20 heavy (non-hydrogen) atoms. The summed E-state index contributed by atoms with van der Waals surface area (Å²) < 4.78 is 6.91. The van der Waals surface area contributed by atoms with E-state index in [1.54, 1.807) is 6.92 Å². The largest absolute Gasteiger partial charge is 0.461 e. The molecule has 5 heteroatoms.